The van der Waals surface area contributed by atoms with E-state index in [0.29, 0.717) is 19.0 Å². The molecule has 0 radical (unpaired) electrons. The number of amides is 2. The summed E-state index contributed by atoms with van der Waals surface area (Å²) in [5.74, 6) is 0.386. The molecule has 2 rings (SSSR count). The summed E-state index contributed by atoms with van der Waals surface area (Å²) in [4.78, 5) is 15.6. The summed E-state index contributed by atoms with van der Waals surface area (Å²) in [7, 11) is 5.70. The first kappa shape index (κ1) is 15.6. The Morgan fingerprint density at radius 3 is 2.71 bits per heavy atom. The largest absolute Gasteiger partial charge is 0.391 e. The Hall–Kier alpha value is -1.75. The molecule has 1 aliphatic carbocycles. The molecule has 0 aromatic heterocycles. The fourth-order valence-electron chi connectivity index (χ4n) is 2.25. The van der Waals surface area contributed by atoms with E-state index in [4.69, 9.17) is 0 Å². The summed E-state index contributed by atoms with van der Waals surface area (Å²) in [6.45, 7) is 0.888. The van der Waals surface area contributed by atoms with Crippen molar-refractivity contribution >= 4 is 11.7 Å². The molecule has 5 nitrogen and oxygen atoms in total. The van der Waals surface area contributed by atoms with E-state index in [-0.39, 0.29) is 6.03 Å². The van der Waals surface area contributed by atoms with E-state index >= 15 is 0 Å². The first-order valence-corrected chi connectivity index (χ1v) is 7.40. The number of hydrogen-bond acceptors (Lipinski definition) is 3. The van der Waals surface area contributed by atoms with Crippen molar-refractivity contribution in [2.75, 3.05) is 32.6 Å². The maximum absolute atomic E-state index is 12.0. The van der Waals surface area contributed by atoms with Crippen LogP contribution < -0.4 is 10.2 Å². The minimum atomic E-state index is -0.391. The lowest BCUT2D eigenvalue weighted by Crippen LogP contribution is -2.41. The minimum Gasteiger partial charge on any atom is -0.391 e. The van der Waals surface area contributed by atoms with Gasteiger partial charge in [-0.3, -0.25) is 0 Å². The van der Waals surface area contributed by atoms with Gasteiger partial charge in [-0.05, 0) is 36.5 Å². The highest BCUT2D eigenvalue weighted by molar-refractivity contribution is 5.73. The molecule has 0 heterocycles. The van der Waals surface area contributed by atoms with Crippen molar-refractivity contribution in [2.24, 2.45) is 5.92 Å². The van der Waals surface area contributed by atoms with Crippen molar-refractivity contribution in [1.29, 1.82) is 0 Å². The number of likely N-dealkylation sites (N-methyl/N-ethyl adjacent to an activating group) is 1. The number of nitrogens with one attached hydrogen (secondary N) is 1. The van der Waals surface area contributed by atoms with Gasteiger partial charge in [0.2, 0.25) is 0 Å². The molecule has 1 fully saturated rings. The van der Waals surface area contributed by atoms with Crippen LogP contribution in [0.1, 0.15) is 18.4 Å². The molecule has 0 spiro atoms. The quantitative estimate of drug-likeness (QED) is 0.838. The molecule has 1 aromatic carbocycles. The van der Waals surface area contributed by atoms with E-state index in [1.807, 2.05) is 37.2 Å². The molecule has 2 N–H and O–H groups in total. The molecule has 2 amide bonds. The number of carbonyl (C=O) groups is 1. The van der Waals surface area contributed by atoms with Gasteiger partial charge >= 0.3 is 6.03 Å². The van der Waals surface area contributed by atoms with Crippen molar-refractivity contribution in [3.8, 4) is 0 Å². The van der Waals surface area contributed by atoms with Gasteiger partial charge in [-0.2, -0.15) is 0 Å². The highest BCUT2D eigenvalue weighted by Crippen LogP contribution is 2.32. The molecule has 116 valence electrons. The second kappa shape index (κ2) is 6.80. The summed E-state index contributed by atoms with van der Waals surface area (Å²) < 4.78 is 0. The third kappa shape index (κ3) is 4.63. The van der Waals surface area contributed by atoms with E-state index in [9.17, 15) is 9.90 Å². The van der Waals surface area contributed by atoms with Crippen LogP contribution in [0.4, 0.5) is 10.5 Å². The van der Waals surface area contributed by atoms with Gasteiger partial charge < -0.3 is 20.2 Å². The zero-order chi connectivity index (χ0) is 15.4. The molecule has 0 aliphatic heterocycles. The van der Waals surface area contributed by atoms with Gasteiger partial charge in [0.1, 0.15) is 0 Å². The molecule has 1 saturated carbocycles. The van der Waals surface area contributed by atoms with Crippen LogP contribution in [0.2, 0.25) is 0 Å². The number of aliphatic hydroxyl groups excluding tert-OH is 1. The number of rotatable bonds is 6. The summed E-state index contributed by atoms with van der Waals surface area (Å²) in [6.07, 6.45) is 1.76. The molecule has 21 heavy (non-hydrogen) atoms. The van der Waals surface area contributed by atoms with Gasteiger partial charge in [-0.1, -0.05) is 12.1 Å². The Morgan fingerprint density at radius 1 is 1.38 bits per heavy atom. The lowest BCUT2D eigenvalue weighted by atomic mass is 10.2. The molecule has 1 aliphatic rings. The summed E-state index contributed by atoms with van der Waals surface area (Å²) in [6, 6.07) is 7.91. The number of carbonyl (C=O) groups excluding carboxylic acids is 1. The van der Waals surface area contributed by atoms with E-state index < -0.39 is 6.10 Å². The number of urea groups is 1. The molecule has 1 atom stereocenters. The fourth-order valence-corrected chi connectivity index (χ4v) is 2.25. The second-order valence-electron chi connectivity index (χ2n) is 6.01. The maximum atomic E-state index is 12.0. The topological polar surface area (TPSA) is 55.8 Å². The van der Waals surface area contributed by atoms with Crippen molar-refractivity contribution < 1.29 is 9.90 Å². The van der Waals surface area contributed by atoms with E-state index in [1.165, 1.54) is 0 Å². The molecule has 0 saturated heterocycles. The standard InChI is InChI=1S/C16H25N3O2/c1-18(2)14-6-4-5-12(9-14)10-17-16(21)19(3)11-15(20)13-7-8-13/h4-6,9,13,15,20H,7-8,10-11H2,1-3H3,(H,17,21). The molecule has 1 unspecified atom stereocenters. The SMILES string of the molecule is CN(CC(O)C1CC1)C(=O)NCc1cccc(N(C)C)c1. The molecular formula is C16H25N3O2. The molecular weight excluding hydrogens is 266 g/mol. The Labute approximate surface area is 126 Å². The first-order valence-electron chi connectivity index (χ1n) is 7.40. The number of nitrogens with zero attached hydrogens (tertiary/aromatic N) is 2. The van der Waals surface area contributed by atoms with Crippen molar-refractivity contribution in [2.45, 2.75) is 25.5 Å². The van der Waals surface area contributed by atoms with E-state index in [1.54, 1.807) is 11.9 Å². The van der Waals surface area contributed by atoms with Crippen molar-refractivity contribution in [3.63, 3.8) is 0 Å². The Morgan fingerprint density at radius 2 is 2.10 bits per heavy atom. The van der Waals surface area contributed by atoms with Crippen molar-refractivity contribution in [3.05, 3.63) is 29.8 Å². The number of benzene rings is 1. The van der Waals surface area contributed by atoms with E-state index in [0.717, 1.165) is 24.1 Å². The van der Waals surface area contributed by atoms with Crippen LogP contribution in [0.25, 0.3) is 0 Å². The van der Waals surface area contributed by atoms with Crippen molar-refractivity contribution in [1.82, 2.24) is 10.2 Å². The second-order valence-corrected chi connectivity index (χ2v) is 6.01. The van der Waals surface area contributed by atoms with Crippen LogP contribution in [-0.4, -0.2) is 49.8 Å². The third-order valence-electron chi connectivity index (χ3n) is 3.84. The first-order chi connectivity index (χ1) is 9.97. The smallest absolute Gasteiger partial charge is 0.317 e. The van der Waals surface area contributed by atoms with Crippen LogP contribution in [0.3, 0.4) is 0 Å². The van der Waals surface area contributed by atoms with Gasteiger partial charge in [-0.15, -0.1) is 0 Å². The molecule has 0 bridgehead atoms. The van der Waals surface area contributed by atoms with Crippen LogP contribution in [-0.2, 0) is 6.54 Å². The average molecular weight is 291 g/mol. The zero-order valence-corrected chi connectivity index (χ0v) is 13.0. The zero-order valence-electron chi connectivity index (χ0n) is 13.0. The lowest BCUT2D eigenvalue weighted by Gasteiger charge is -2.21. The van der Waals surface area contributed by atoms with E-state index in [2.05, 4.69) is 11.4 Å². The Balaban J connectivity index is 1.81. The summed E-state index contributed by atoms with van der Waals surface area (Å²) in [5.41, 5.74) is 2.17. The molecule has 1 aromatic rings. The van der Waals surface area contributed by atoms with Gasteiger partial charge in [0.25, 0.3) is 0 Å². The summed E-state index contributed by atoms with van der Waals surface area (Å²) >= 11 is 0. The maximum Gasteiger partial charge on any atom is 0.317 e. The number of hydrogen-bond donors (Lipinski definition) is 2. The van der Waals surface area contributed by atoms with Crippen LogP contribution in [0, 0.1) is 5.92 Å². The summed E-state index contributed by atoms with van der Waals surface area (Å²) in [5, 5.41) is 12.8. The Bertz CT molecular complexity index is 486. The van der Waals surface area contributed by atoms with Gasteiger partial charge in [-0.25, -0.2) is 4.79 Å². The predicted octanol–water partition coefficient (Wildman–Crippen LogP) is 1.66. The third-order valence-corrected chi connectivity index (χ3v) is 3.84. The Kier molecular flexibility index (Phi) is 5.07. The van der Waals surface area contributed by atoms with Gasteiger partial charge in [0, 0.05) is 39.9 Å². The normalized spacial score (nSPS) is 15.4. The van der Waals surface area contributed by atoms with Crippen LogP contribution in [0.15, 0.2) is 24.3 Å². The van der Waals surface area contributed by atoms with Gasteiger partial charge in [0.05, 0.1) is 6.10 Å². The lowest BCUT2D eigenvalue weighted by molar-refractivity contribution is 0.113. The van der Waals surface area contributed by atoms with Crippen LogP contribution in [0.5, 0.6) is 0 Å². The minimum absolute atomic E-state index is 0.148. The highest BCUT2D eigenvalue weighted by atomic mass is 16.3. The molecule has 5 heteroatoms. The van der Waals surface area contributed by atoms with Gasteiger partial charge in [0.15, 0.2) is 0 Å². The average Bonchev–Trinajstić information content (AvgIpc) is 3.29. The monoisotopic (exact) mass is 291 g/mol. The number of aliphatic hydroxyl groups is 1. The predicted molar refractivity (Wildman–Crippen MR) is 84.4 cm³/mol. The number of anilines is 1. The fraction of sp³-hybridized carbons (Fsp3) is 0.562. The highest BCUT2D eigenvalue weighted by Gasteiger charge is 2.31. The van der Waals surface area contributed by atoms with Crippen LogP contribution >= 0.6 is 0 Å².